The number of piperidine rings is 1. The van der Waals surface area contributed by atoms with Gasteiger partial charge in [-0.2, -0.15) is 0 Å². The van der Waals surface area contributed by atoms with Gasteiger partial charge in [0.15, 0.2) is 0 Å². The van der Waals surface area contributed by atoms with E-state index in [4.69, 9.17) is 0 Å². The van der Waals surface area contributed by atoms with Crippen molar-refractivity contribution in [1.82, 2.24) is 19.9 Å². The summed E-state index contributed by atoms with van der Waals surface area (Å²) in [5.41, 5.74) is -0.840. The van der Waals surface area contributed by atoms with E-state index >= 15 is 0 Å². The molecule has 2 aromatic rings. The maximum absolute atomic E-state index is 12.6. The highest BCUT2D eigenvalue weighted by Crippen LogP contribution is 2.20. The molecule has 0 saturated carbocycles. The number of likely N-dealkylation sites (tertiary alicyclic amines) is 1. The third kappa shape index (κ3) is 2.52. The van der Waals surface area contributed by atoms with Crippen molar-refractivity contribution in [3.8, 4) is 0 Å². The van der Waals surface area contributed by atoms with Crippen molar-refractivity contribution in [2.75, 3.05) is 6.54 Å². The molecule has 0 bridgehead atoms. The SMILES string of the molecule is C[C@@H]1CC[C@@H](O)CN1C(=O)c1cnc2[nH]c(=O)[nH]c(=O)c2c1. The van der Waals surface area contributed by atoms with E-state index < -0.39 is 17.4 Å². The number of β-amino-alcohol motifs (C(OH)–C–C–N with tert-alkyl or cyclic N) is 1. The minimum atomic E-state index is -0.642. The maximum Gasteiger partial charge on any atom is 0.327 e. The third-order valence-electron chi connectivity index (χ3n) is 3.96. The fraction of sp³-hybridized carbons (Fsp3) is 0.429. The molecular weight excluding hydrogens is 288 g/mol. The lowest BCUT2D eigenvalue weighted by Gasteiger charge is -2.36. The fourth-order valence-corrected chi connectivity index (χ4v) is 2.70. The highest BCUT2D eigenvalue weighted by Gasteiger charge is 2.28. The largest absolute Gasteiger partial charge is 0.391 e. The smallest absolute Gasteiger partial charge is 0.327 e. The van der Waals surface area contributed by atoms with Crippen LogP contribution in [-0.4, -0.2) is 49.6 Å². The summed E-state index contributed by atoms with van der Waals surface area (Å²) in [7, 11) is 0. The number of hydrogen-bond donors (Lipinski definition) is 3. The average molecular weight is 304 g/mol. The maximum atomic E-state index is 12.6. The summed E-state index contributed by atoms with van der Waals surface area (Å²) < 4.78 is 0. The zero-order valence-corrected chi connectivity index (χ0v) is 12.0. The first-order chi connectivity index (χ1) is 10.5. The number of fused-ring (bicyclic) bond motifs is 1. The van der Waals surface area contributed by atoms with E-state index in [1.807, 2.05) is 6.92 Å². The molecule has 1 fully saturated rings. The standard InChI is InChI=1S/C14H16N4O4/c1-7-2-3-9(19)6-18(7)13(21)8-4-10-11(15-5-8)16-14(22)17-12(10)20/h4-5,7,9,19H,2-3,6H2,1H3,(H2,15,16,17,20,22)/t7-,9-/m1/s1. The number of aromatic nitrogens is 3. The Kier molecular flexibility index (Phi) is 3.53. The summed E-state index contributed by atoms with van der Waals surface area (Å²) in [5.74, 6) is -0.286. The molecule has 2 aromatic heterocycles. The van der Waals surface area contributed by atoms with Gasteiger partial charge < -0.3 is 10.0 Å². The molecule has 22 heavy (non-hydrogen) atoms. The molecule has 1 aliphatic heterocycles. The first-order valence-corrected chi connectivity index (χ1v) is 7.07. The normalized spacial score (nSPS) is 22.0. The van der Waals surface area contributed by atoms with Crippen molar-refractivity contribution in [2.45, 2.75) is 31.9 Å². The van der Waals surface area contributed by atoms with Gasteiger partial charge in [-0.25, -0.2) is 9.78 Å². The number of aliphatic hydroxyl groups is 1. The lowest BCUT2D eigenvalue weighted by atomic mass is 10.0. The van der Waals surface area contributed by atoms with Crippen LogP contribution in [0.2, 0.25) is 0 Å². The van der Waals surface area contributed by atoms with Crippen LogP contribution in [0.3, 0.4) is 0 Å². The molecule has 8 heteroatoms. The number of nitrogens with one attached hydrogen (secondary N) is 2. The number of pyridine rings is 1. The molecule has 3 N–H and O–H groups in total. The van der Waals surface area contributed by atoms with E-state index in [-0.39, 0.29) is 35.1 Å². The Morgan fingerprint density at radius 1 is 1.36 bits per heavy atom. The number of amides is 1. The Hall–Kier alpha value is -2.48. The molecule has 1 amide bonds. The Labute approximate surface area is 124 Å². The van der Waals surface area contributed by atoms with E-state index in [0.717, 1.165) is 6.42 Å². The summed E-state index contributed by atoms with van der Waals surface area (Å²) >= 11 is 0. The number of aromatic amines is 2. The Balaban J connectivity index is 2.01. The molecule has 1 saturated heterocycles. The second kappa shape index (κ2) is 5.38. The van der Waals surface area contributed by atoms with E-state index in [1.54, 1.807) is 4.90 Å². The van der Waals surface area contributed by atoms with Crippen LogP contribution in [0, 0.1) is 0 Å². The van der Waals surface area contributed by atoms with E-state index in [1.165, 1.54) is 12.3 Å². The van der Waals surface area contributed by atoms with Gasteiger partial charge in [0, 0.05) is 18.8 Å². The van der Waals surface area contributed by atoms with Gasteiger partial charge in [0.2, 0.25) is 0 Å². The molecule has 0 aliphatic carbocycles. The zero-order chi connectivity index (χ0) is 15.9. The number of aliphatic hydroxyl groups excluding tert-OH is 1. The van der Waals surface area contributed by atoms with Crippen molar-refractivity contribution in [3.05, 3.63) is 38.7 Å². The number of rotatable bonds is 1. The first kappa shape index (κ1) is 14.5. The Bertz CT molecular complexity index is 841. The quantitative estimate of drug-likeness (QED) is 0.662. The first-order valence-electron chi connectivity index (χ1n) is 7.07. The molecule has 3 rings (SSSR count). The molecule has 116 valence electrons. The van der Waals surface area contributed by atoms with Gasteiger partial charge in [-0.3, -0.25) is 19.6 Å². The highest BCUT2D eigenvalue weighted by atomic mass is 16.3. The average Bonchev–Trinajstić information content (AvgIpc) is 2.48. The van der Waals surface area contributed by atoms with Gasteiger partial charge in [-0.05, 0) is 25.8 Å². The van der Waals surface area contributed by atoms with Gasteiger partial charge in [-0.15, -0.1) is 0 Å². The van der Waals surface area contributed by atoms with E-state index in [2.05, 4.69) is 15.0 Å². The van der Waals surface area contributed by atoms with Gasteiger partial charge in [-0.1, -0.05) is 0 Å². The molecular formula is C14H16N4O4. The molecule has 1 aliphatic rings. The minimum Gasteiger partial charge on any atom is -0.391 e. The van der Waals surface area contributed by atoms with Crippen molar-refractivity contribution in [3.63, 3.8) is 0 Å². The van der Waals surface area contributed by atoms with Gasteiger partial charge >= 0.3 is 5.69 Å². The molecule has 0 spiro atoms. The van der Waals surface area contributed by atoms with E-state index in [0.29, 0.717) is 6.42 Å². The van der Waals surface area contributed by atoms with Crippen molar-refractivity contribution < 1.29 is 9.90 Å². The van der Waals surface area contributed by atoms with Gasteiger partial charge in [0.05, 0.1) is 17.1 Å². The van der Waals surface area contributed by atoms with Crippen LogP contribution in [0.5, 0.6) is 0 Å². The lowest BCUT2D eigenvalue weighted by Crippen LogP contribution is -2.47. The highest BCUT2D eigenvalue weighted by molar-refractivity contribution is 5.96. The van der Waals surface area contributed by atoms with Crippen LogP contribution in [-0.2, 0) is 0 Å². The van der Waals surface area contributed by atoms with Crippen LogP contribution in [0.25, 0.3) is 11.0 Å². The topological polar surface area (TPSA) is 119 Å². The summed E-state index contributed by atoms with van der Waals surface area (Å²) in [6.07, 6.45) is 2.19. The lowest BCUT2D eigenvalue weighted by molar-refractivity contribution is 0.0309. The summed E-state index contributed by atoms with van der Waals surface area (Å²) in [6.45, 7) is 2.18. The predicted molar refractivity (Wildman–Crippen MR) is 78.7 cm³/mol. The number of carbonyl (C=O) groups is 1. The van der Waals surface area contributed by atoms with Crippen molar-refractivity contribution >= 4 is 16.9 Å². The molecule has 8 nitrogen and oxygen atoms in total. The third-order valence-corrected chi connectivity index (χ3v) is 3.96. The zero-order valence-electron chi connectivity index (χ0n) is 12.0. The number of nitrogens with zero attached hydrogens (tertiary/aromatic N) is 2. The van der Waals surface area contributed by atoms with Crippen LogP contribution in [0.1, 0.15) is 30.1 Å². The van der Waals surface area contributed by atoms with E-state index in [9.17, 15) is 19.5 Å². The summed E-state index contributed by atoms with van der Waals surface area (Å²) in [5, 5.41) is 9.88. The summed E-state index contributed by atoms with van der Waals surface area (Å²) in [6, 6.07) is 1.42. The monoisotopic (exact) mass is 304 g/mol. The second-order valence-corrected chi connectivity index (χ2v) is 5.57. The fourth-order valence-electron chi connectivity index (χ4n) is 2.70. The minimum absolute atomic E-state index is 0.0143. The van der Waals surface area contributed by atoms with Crippen molar-refractivity contribution in [2.24, 2.45) is 0 Å². The molecule has 2 atom stereocenters. The number of hydrogen-bond acceptors (Lipinski definition) is 5. The molecule has 3 heterocycles. The Morgan fingerprint density at radius 2 is 2.14 bits per heavy atom. The Morgan fingerprint density at radius 3 is 2.91 bits per heavy atom. The number of H-pyrrole nitrogens is 2. The van der Waals surface area contributed by atoms with Crippen LogP contribution >= 0.6 is 0 Å². The van der Waals surface area contributed by atoms with Crippen LogP contribution < -0.4 is 11.2 Å². The van der Waals surface area contributed by atoms with Gasteiger partial charge in [0.25, 0.3) is 11.5 Å². The number of carbonyl (C=O) groups excluding carboxylic acids is 1. The summed E-state index contributed by atoms with van der Waals surface area (Å²) in [4.78, 5) is 45.6. The van der Waals surface area contributed by atoms with Crippen molar-refractivity contribution in [1.29, 1.82) is 0 Å². The second-order valence-electron chi connectivity index (χ2n) is 5.57. The van der Waals surface area contributed by atoms with Crippen LogP contribution in [0.15, 0.2) is 21.9 Å². The molecule has 0 aromatic carbocycles. The van der Waals surface area contributed by atoms with Crippen LogP contribution in [0.4, 0.5) is 0 Å². The molecule has 0 radical (unpaired) electrons. The predicted octanol–water partition coefficient (Wildman–Crippen LogP) is -0.403. The molecule has 0 unspecified atom stereocenters. The van der Waals surface area contributed by atoms with Gasteiger partial charge in [0.1, 0.15) is 5.65 Å².